The molecule has 23 heavy (non-hydrogen) atoms. The van der Waals surface area contributed by atoms with Gasteiger partial charge in [-0.2, -0.15) is 0 Å². The molecule has 0 aliphatic carbocycles. The molecule has 0 saturated carbocycles. The highest BCUT2D eigenvalue weighted by molar-refractivity contribution is 8.00. The van der Waals surface area contributed by atoms with Crippen molar-refractivity contribution in [1.29, 1.82) is 0 Å². The largest absolute Gasteiger partial charge is 0.497 e. The molecule has 0 spiro atoms. The fourth-order valence-corrected chi connectivity index (χ4v) is 2.91. The number of amides is 1. The van der Waals surface area contributed by atoms with Crippen LogP contribution in [0.15, 0.2) is 53.4 Å². The zero-order valence-electron chi connectivity index (χ0n) is 13.3. The van der Waals surface area contributed by atoms with Gasteiger partial charge in [-0.05, 0) is 50.2 Å². The molecule has 120 valence electrons. The van der Waals surface area contributed by atoms with E-state index in [1.165, 1.54) is 18.7 Å². The second kappa shape index (κ2) is 7.83. The molecular formula is C18H19NO3S. The van der Waals surface area contributed by atoms with E-state index in [0.29, 0.717) is 11.3 Å². The van der Waals surface area contributed by atoms with Gasteiger partial charge in [-0.15, -0.1) is 11.8 Å². The number of carbonyl (C=O) groups excluding carboxylic acids is 2. The standard InChI is InChI=1S/C18H19NO3S/c1-12(20)16-6-4-5-7-17(16)19-18(21)13(2)23-15-10-8-14(22-3)9-11-15/h4-11,13H,1-3H3,(H,19,21). The summed E-state index contributed by atoms with van der Waals surface area (Å²) in [6.45, 7) is 3.32. The minimum absolute atomic E-state index is 0.0728. The highest BCUT2D eigenvalue weighted by Gasteiger charge is 2.16. The number of ketones is 1. The molecule has 0 aliphatic rings. The number of anilines is 1. The molecule has 1 amide bonds. The molecule has 0 heterocycles. The number of rotatable bonds is 6. The minimum atomic E-state index is -0.289. The summed E-state index contributed by atoms with van der Waals surface area (Å²) < 4.78 is 5.12. The van der Waals surface area contributed by atoms with Gasteiger partial charge in [0.25, 0.3) is 0 Å². The molecule has 0 aliphatic heterocycles. The second-order valence-corrected chi connectivity index (χ2v) is 6.44. The van der Waals surface area contributed by atoms with Crippen molar-refractivity contribution in [2.75, 3.05) is 12.4 Å². The third-order valence-corrected chi connectivity index (χ3v) is 4.42. The van der Waals surface area contributed by atoms with Gasteiger partial charge in [0.1, 0.15) is 5.75 Å². The van der Waals surface area contributed by atoms with E-state index in [2.05, 4.69) is 5.32 Å². The van der Waals surface area contributed by atoms with Crippen LogP contribution in [0.2, 0.25) is 0 Å². The average molecular weight is 329 g/mol. The molecule has 2 rings (SSSR count). The molecule has 0 saturated heterocycles. The Labute approximate surface area is 140 Å². The summed E-state index contributed by atoms with van der Waals surface area (Å²) in [5, 5.41) is 2.54. The van der Waals surface area contributed by atoms with E-state index in [0.717, 1.165) is 10.6 Å². The van der Waals surface area contributed by atoms with Crippen LogP contribution in [0.3, 0.4) is 0 Å². The lowest BCUT2D eigenvalue weighted by atomic mass is 10.1. The molecule has 4 nitrogen and oxygen atoms in total. The summed E-state index contributed by atoms with van der Waals surface area (Å²) >= 11 is 1.45. The zero-order valence-corrected chi connectivity index (χ0v) is 14.1. The van der Waals surface area contributed by atoms with Crippen LogP contribution in [0, 0.1) is 0 Å². The molecule has 0 aromatic heterocycles. The van der Waals surface area contributed by atoms with Crippen LogP contribution in [-0.4, -0.2) is 24.1 Å². The highest BCUT2D eigenvalue weighted by atomic mass is 32.2. The number of benzene rings is 2. The van der Waals surface area contributed by atoms with Gasteiger partial charge in [0, 0.05) is 10.5 Å². The van der Waals surface area contributed by atoms with E-state index in [4.69, 9.17) is 4.74 Å². The van der Waals surface area contributed by atoms with Gasteiger partial charge < -0.3 is 10.1 Å². The van der Waals surface area contributed by atoms with Crippen LogP contribution in [0.1, 0.15) is 24.2 Å². The highest BCUT2D eigenvalue weighted by Crippen LogP contribution is 2.26. The van der Waals surface area contributed by atoms with Crippen LogP contribution in [0.4, 0.5) is 5.69 Å². The van der Waals surface area contributed by atoms with Crippen molar-refractivity contribution < 1.29 is 14.3 Å². The van der Waals surface area contributed by atoms with Crippen LogP contribution < -0.4 is 10.1 Å². The third-order valence-electron chi connectivity index (χ3n) is 3.31. The number of ether oxygens (including phenoxy) is 1. The number of carbonyl (C=O) groups is 2. The fraction of sp³-hybridized carbons (Fsp3) is 0.222. The predicted octanol–water partition coefficient (Wildman–Crippen LogP) is 4.02. The Morgan fingerprint density at radius 1 is 1.09 bits per heavy atom. The van der Waals surface area contributed by atoms with Crippen molar-refractivity contribution in [2.24, 2.45) is 0 Å². The summed E-state index contributed by atoms with van der Waals surface area (Å²) in [5.74, 6) is 0.567. The SMILES string of the molecule is COc1ccc(SC(C)C(=O)Nc2ccccc2C(C)=O)cc1. The van der Waals surface area contributed by atoms with Gasteiger partial charge in [0.15, 0.2) is 5.78 Å². The number of methoxy groups -OCH3 is 1. The maximum absolute atomic E-state index is 12.3. The van der Waals surface area contributed by atoms with Crippen molar-refractivity contribution >= 4 is 29.1 Å². The van der Waals surface area contributed by atoms with E-state index in [9.17, 15) is 9.59 Å². The summed E-state index contributed by atoms with van der Waals surface area (Å²) in [5.41, 5.74) is 1.06. The maximum Gasteiger partial charge on any atom is 0.237 e. The first kappa shape index (κ1) is 17.1. The molecule has 0 fully saturated rings. The van der Waals surface area contributed by atoms with Crippen molar-refractivity contribution in [3.63, 3.8) is 0 Å². The average Bonchev–Trinajstić information content (AvgIpc) is 2.55. The normalized spacial score (nSPS) is 11.6. The molecule has 1 N–H and O–H groups in total. The Balaban J connectivity index is 2.04. The minimum Gasteiger partial charge on any atom is -0.497 e. The van der Waals surface area contributed by atoms with E-state index in [1.807, 2.05) is 31.2 Å². The predicted molar refractivity (Wildman–Crippen MR) is 93.4 cm³/mol. The second-order valence-electron chi connectivity index (χ2n) is 5.03. The number of Topliss-reactive ketones (excluding diaryl/α,β-unsaturated/α-hetero) is 1. The van der Waals surface area contributed by atoms with Crippen LogP contribution in [-0.2, 0) is 4.79 Å². The lowest BCUT2D eigenvalue weighted by Crippen LogP contribution is -2.23. The van der Waals surface area contributed by atoms with Crippen molar-refractivity contribution in [3.8, 4) is 5.75 Å². The van der Waals surface area contributed by atoms with Gasteiger partial charge in [-0.1, -0.05) is 12.1 Å². The quantitative estimate of drug-likeness (QED) is 0.642. The van der Waals surface area contributed by atoms with Crippen LogP contribution in [0.25, 0.3) is 0 Å². The first-order valence-corrected chi connectivity index (χ1v) is 8.10. The molecular weight excluding hydrogens is 310 g/mol. The third kappa shape index (κ3) is 4.60. The Morgan fingerprint density at radius 2 is 1.74 bits per heavy atom. The van der Waals surface area contributed by atoms with Crippen LogP contribution >= 0.6 is 11.8 Å². The Morgan fingerprint density at radius 3 is 2.35 bits per heavy atom. The molecule has 0 bridgehead atoms. The lowest BCUT2D eigenvalue weighted by Gasteiger charge is -2.14. The number of para-hydroxylation sites is 1. The van der Waals surface area contributed by atoms with Crippen molar-refractivity contribution in [1.82, 2.24) is 0 Å². The van der Waals surface area contributed by atoms with Crippen molar-refractivity contribution in [3.05, 3.63) is 54.1 Å². The van der Waals surface area contributed by atoms with Gasteiger partial charge in [0.05, 0.1) is 18.0 Å². The Kier molecular flexibility index (Phi) is 5.82. The summed E-state index contributed by atoms with van der Waals surface area (Å²) in [6.07, 6.45) is 0. The lowest BCUT2D eigenvalue weighted by molar-refractivity contribution is -0.115. The molecule has 0 radical (unpaired) electrons. The Bertz CT molecular complexity index is 698. The Hall–Kier alpha value is -2.27. The first-order valence-electron chi connectivity index (χ1n) is 7.23. The molecule has 2 aromatic rings. The topological polar surface area (TPSA) is 55.4 Å². The fourth-order valence-electron chi connectivity index (χ4n) is 2.05. The number of hydrogen-bond acceptors (Lipinski definition) is 4. The summed E-state index contributed by atoms with van der Waals surface area (Å²) in [4.78, 5) is 24.9. The van der Waals surface area contributed by atoms with E-state index < -0.39 is 0 Å². The molecule has 1 atom stereocenters. The monoisotopic (exact) mass is 329 g/mol. The van der Waals surface area contributed by atoms with Gasteiger partial charge in [-0.25, -0.2) is 0 Å². The maximum atomic E-state index is 12.3. The smallest absolute Gasteiger partial charge is 0.237 e. The first-order chi connectivity index (χ1) is 11.0. The number of hydrogen-bond donors (Lipinski definition) is 1. The van der Waals surface area contributed by atoms with Gasteiger partial charge in [0.2, 0.25) is 5.91 Å². The summed E-state index contributed by atoms with van der Waals surface area (Å²) in [7, 11) is 1.62. The molecule has 1 unspecified atom stereocenters. The molecule has 2 aromatic carbocycles. The van der Waals surface area contributed by atoms with E-state index in [1.54, 1.807) is 31.4 Å². The zero-order chi connectivity index (χ0) is 16.8. The van der Waals surface area contributed by atoms with E-state index >= 15 is 0 Å². The summed E-state index contributed by atoms with van der Waals surface area (Å²) in [6, 6.07) is 14.6. The van der Waals surface area contributed by atoms with Gasteiger partial charge in [-0.3, -0.25) is 9.59 Å². The number of nitrogens with one attached hydrogen (secondary N) is 1. The number of thioether (sulfide) groups is 1. The van der Waals surface area contributed by atoms with Crippen molar-refractivity contribution in [2.45, 2.75) is 24.0 Å². The molecule has 5 heteroatoms. The van der Waals surface area contributed by atoms with E-state index in [-0.39, 0.29) is 16.9 Å². The van der Waals surface area contributed by atoms with Gasteiger partial charge >= 0.3 is 0 Å². The van der Waals surface area contributed by atoms with Crippen LogP contribution in [0.5, 0.6) is 5.75 Å².